The number of benzene rings is 1. The van der Waals surface area contributed by atoms with E-state index in [2.05, 4.69) is 30.0 Å². The number of pyridine rings is 1. The van der Waals surface area contributed by atoms with Gasteiger partial charge in [-0.1, -0.05) is 0 Å². The Morgan fingerprint density at radius 1 is 0.878 bits per heavy atom. The largest absolute Gasteiger partial charge is 0.360 e. The van der Waals surface area contributed by atoms with E-state index in [1.807, 2.05) is 61.6 Å². The minimum Gasteiger partial charge on any atom is -0.360 e. The minimum atomic E-state index is -0.0315. The second-order valence-corrected chi connectivity index (χ2v) is 11.0. The molecule has 3 aromatic rings. The molecule has 11 heteroatoms. The quantitative estimate of drug-likeness (QED) is 0.483. The lowest BCUT2D eigenvalue weighted by Crippen LogP contribution is -2.49. The van der Waals surface area contributed by atoms with Crippen LogP contribution in [0.4, 0.5) is 17.5 Å². The van der Waals surface area contributed by atoms with E-state index >= 15 is 0 Å². The summed E-state index contributed by atoms with van der Waals surface area (Å²) in [5.41, 5.74) is 4.09. The van der Waals surface area contributed by atoms with Crippen LogP contribution in [0.2, 0.25) is 0 Å². The third-order valence-corrected chi connectivity index (χ3v) is 7.72. The van der Waals surface area contributed by atoms with Gasteiger partial charge in [0.2, 0.25) is 11.9 Å². The molecule has 0 spiro atoms. The van der Waals surface area contributed by atoms with Crippen LogP contribution < -0.4 is 10.2 Å². The molecule has 0 unspecified atom stereocenters. The maximum atomic E-state index is 13.0. The predicted molar refractivity (Wildman–Crippen MR) is 160 cm³/mol. The number of nitrogens with one attached hydrogen (secondary N) is 1. The van der Waals surface area contributed by atoms with Crippen molar-refractivity contribution >= 4 is 29.3 Å². The average Bonchev–Trinajstić information content (AvgIpc) is 2.97. The molecule has 2 amide bonds. The fourth-order valence-electron chi connectivity index (χ4n) is 5.17. The summed E-state index contributed by atoms with van der Waals surface area (Å²) in [5, 5.41) is 3.33. The highest BCUT2D eigenvalue weighted by Gasteiger charge is 2.23. The summed E-state index contributed by atoms with van der Waals surface area (Å²) in [6, 6.07) is 11.6. The summed E-state index contributed by atoms with van der Waals surface area (Å²) in [5.74, 6) is 1.45. The van der Waals surface area contributed by atoms with Crippen molar-refractivity contribution < 1.29 is 9.59 Å². The van der Waals surface area contributed by atoms with E-state index in [4.69, 9.17) is 4.98 Å². The standard InChI is InChI=1S/C30H39N9O2/c1-35(2)29(41)25-8-7-24-18-23(25)20-38-14-16-39(17-15-38)21-28(40)37(4)13-5-12-36(3)27-9-6-22(19-32-27)26-10-11-31-30(33-24)34-26/h6-11,18-19H,5,12-17,20-21H2,1-4H3,(H,31,33,34). The van der Waals surface area contributed by atoms with Gasteiger partial charge in [0.25, 0.3) is 5.91 Å². The Morgan fingerprint density at radius 2 is 1.61 bits per heavy atom. The normalized spacial score (nSPS) is 20.0. The molecule has 8 rings (SSSR count). The minimum absolute atomic E-state index is 0.0315. The van der Waals surface area contributed by atoms with Gasteiger partial charge in [-0.15, -0.1) is 0 Å². The fraction of sp³-hybridized carbons (Fsp3) is 0.433. The second-order valence-electron chi connectivity index (χ2n) is 11.0. The summed E-state index contributed by atoms with van der Waals surface area (Å²) in [6.07, 6.45) is 4.40. The molecule has 1 N–H and O–H groups in total. The van der Waals surface area contributed by atoms with Crippen molar-refractivity contribution in [2.45, 2.75) is 13.0 Å². The zero-order valence-electron chi connectivity index (χ0n) is 24.4. The van der Waals surface area contributed by atoms with Gasteiger partial charge in [0, 0.05) is 103 Å². The van der Waals surface area contributed by atoms with Crippen molar-refractivity contribution in [1.82, 2.24) is 34.6 Å². The molecule has 5 aliphatic heterocycles. The molecule has 216 valence electrons. The predicted octanol–water partition coefficient (Wildman–Crippen LogP) is 2.40. The number of hydrogen-bond donors (Lipinski definition) is 1. The molecule has 0 saturated carbocycles. The first-order valence-electron chi connectivity index (χ1n) is 14.1. The number of likely N-dealkylation sites (N-methyl/N-ethyl adjacent to an activating group) is 1. The topological polar surface area (TPSA) is 101 Å². The highest BCUT2D eigenvalue weighted by Crippen LogP contribution is 2.24. The number of nitrogens with zero attached hydrogens (tertiary/aromatic N) is 8. The van der Waals surface area contributed by atoms with Gasteiger partial charge in [-0.05, 0) is 48.4 Å². The van der Waals surface area contributed by atoms with Crippen molar-refractivity contribution in [3.05, 3.63) is 59.9 Å². The first kappa shape index (κ1) is 28.4. The van der Waals surface area contributed by atoms with Gasteiger partial charge in [-0.25, -0.2) is 15.0 Å². The van der Waals surface area contributed by atoms with E-state index in [0.29, 0.717) is 31.1 Å². The van der Waals surface area contributed by atoms with Crippen molar-refractivity contribution in [2.24, 2.45) is 0 Å². The van der Waals surface area contributed by atoms with Crippen LogP contribution in [-0.2, 0) is 11.3 Å². The van der Waals surface area contributed by atoms with Crippen molar-refractivity contribution in [3.63, 3.8) is 0 Å². The third-order valence-electron chi connectivity index (χ3n) is 7.72. The summed E-state index contributed by atoms with van der Waals surface area (Å²) in [4.78, 5) is 49.9. The molecule has 41 heavy (non-hydrogen) atoms. The SMILES string of the molecule is CN(C)C(=O)c1ccc2cc1CN1CCN(CC1)CC(=O)N(C)CCCN(C)c1ccc(cn1)-c1ccnc(n1)N2. The van der Waals surface area contributed by atoms with E-state index in [0.717, 1.165) is 67.5 Å². The van der Waals surface area contributed by atoms with Gasteiger partial charge in [0.15, 0.2) is 0 Å². The molecular weight excluding hydrogens is 518 g/mol. The molecule has 7 heterocycles. The lowest BCUT2D eigenvalue weighted by Gasteiger charge is -2.35. The molecule has 1 saturated heterocycles. The summed E-state index contributed by atoms with van der Waals surface area (Å²) < 4.78 is 0. The number of carbonyl (C=O) groups is 2. The first-order valence-corrected chi connectivity index (χ1v) is 14.1. The average molecular weight is 558 g/mol. The monoisotopic (exact) mass is 557 g/mol. The first-order chi connectivity index (χ1) is 19.8. The molecule has 1 aromatic carbocycles. The van der Waals surface area contributed by atoms with Crippen LogP contribution in [0.5, 0.6) is 0 Å². The Kier molecular flexibility index (Phi) is 8.75. The van der Waals surface area contributed by atoms with Crippen LogP contribution in [0.1, 0.15) is 22.3 Å². The maximum absolute atomic E-state index is 13.0. The van der Waals surface area contributed by atoms with Gasteiger partial charge < -0.3 is 20.0 Å². The lowest BCUT2D eigenvalue weighted by atomic mass is 10.0. The van der Waals surface area contributed by atoms with Gasteiger partial charge in [-0.2, -0.15) is 0 Å². The molecule has 11 nitrogen and oxygen atoms in total. The number of anilines is 3. The lowest BCUT2D eigenvalue weighted by molar-refractivity contribution is -0.131. The Labute approximate surface area is 241 Å². The number of piperazine rings is 1. The van der Waals surface area contributed by atoms with E-state index < -0.39 is 0 Å². The summed E-state index contributed by atoms with van der Waals surface area (Å²) in [7, 11) is 7.44. The van der Waals surface area contributed by atoms with Gasteiger partial charge >= 0.3 is 0 Å². The van der Waals surface area contributed by atoms with Crippen LogP contribution in [-0.4, -0.2) is 120 Å². The van der Waals surface area contributed by atoms with E-state index in [1.54, 1.807) is 25.2 Å². The van der Waals surface area contributed by atoms with Gasteiger partial charge in [0.1, 0.15) is 5.82 Å². The van der Waals surface area contributed by atoms with Crippen molar-refractivity contribution in [3.8, 4) is 11.3 Å². The Morgan fingerprint density at radius 3 is 2.32 bits per heavy atom. The molecule has 2 aromatic heterocycles. The second kappa shape index (κ2) is 12.6. The highest BCUT2D eigenvalue weighted by molar-refractivity contribution is 5.96. The number of carbonyl (C=O) groups excluding carboxylic acids is 2. The molecule has 0 radical (unpaired) electrons. The van der Waals surface area contributed by atoms with Gasteiger partial charge in [0.05, 0.1) is 12.2 Å². The molecule has 8 bridgehead atoms. The van der Waals surface area contributed by atoms with E-state index in [1.165, 1.54) is 0 Å². The zero-order chi connectivity index (χ0) is 28.9. The molecule has 0 aliphatic carbocycles. The highest BCUT2D eigenvalue weighted by atomic mass is 16.2. The third kappa shape index (κ3) is 6.98. The molecular formula is C30H39N9O2. The van der Waals surface area contributed by atoms with Crippen LogP contribution >= 0.6 is 0 Å². The van der Waals surface area contributed by atoms with Crippen LogP contribution in [0.15, 0.2) is 48.8 Å². The van der Waals surface area contributed by atoms with Crippen molar-refractivity contribution in [2.75, 3.05) is 84.2 Å². The fourth-order valence-corrected chi connectivity index (χ4v) is 5.17. The molecule has 1 fully saturated rings. The molecule has 0 atom stereocenters. The van der Waals surface area contributed by atoms with E-state index in [-0.39, 0.29) is 11.8 Å². The zero-order valence-corrected chi connectivity index (χ0v) is 24.4. The number of amides is 2. The Balaban J connectivity index is 1.45. The Hall–Kier alpha value is -4.09. The summed E-state index contributed by atoms with van der Waals surface area (Å²) >= 11 is 0. The van der Waals surface area contributed by atoms with Crippen molar-refractivity contribution in [1.29, 1.82) is 0 Å². The number of hydrogen-bond acceptors (Lipinski definition) is 9. The van der Waals surface area contributed by atoms with Gasteiger partial charge in [-0.3, -0.25) is 19.4 Å². The Bertz CT molecular complexity index is 1370. The van der Waals surface area contributed by atoms with Crippen LogP contribution in [0.3, 0.4) is 0 Å². The summed E-state index contributed by atoms with van der Waals surface area (Å²) in [6.45, 7) is 5.80. The van der Waals surface area contributed by atoms with Crippen LogP contribution in [0, 0.1) is 0 Å². The maximum Gasteiger partial charge on any atom is 0.253 e. The smallest absolute Gasteiger partial charge is 0.253 e. The number of aromatic nitrogens is 3. The van der Waals surface area contributed by atoms with E-state index in [9.17, 15) is 9.59 Å². The number of rotatable bonds is 1. The molecule has 5 aliphatic rings. The van der Waals surface area contributed by atoms with Crippen LogP contribution in [0.25, 0.3) is 11.3 Å².